The van der Waals surface area contributed by atoms with Crippen molar-refractivity contribution < 1.29 is 19.4 Å². The highest BCUT2D eigenvalue weighted by atomic mass is 16.5. The maximum Gasteiger partial charge on any atom is 0.321 e. The minimum Gasteiger partial charge on any atom is -0.489 e. The zero-order chi connectivity index (χ0) is 25.3. The summed E-state index contributed by atoms with van der Waals surface area (Å²) < 4.78 is 5.77. The summed E-state index contributed by atoms with van der Waals surface area (Å²) in [7, 11) is 0. The molecule has 2 unspecified atom stereocenters. The molecule has 0 aromatic heterocycles. The summed E-state index contributed by atoms with van der Waals surface area (Å²) in [5.74, 6) is 0.311. The van der Waals surface area contributed by atoms with E-state index in [4.69, 9.17) is 10.00 Å². The molecule has 0 radical (unpaired) electrons. The number of nitrogens with zero attached hydrogens (tertiary/aromatic N) is 2. The molecular weight excluding hydrogens is 456 g/mol. The van der Waals surface area contributed by atoms with Gasteiger partial charge in [-0.1, -0.05) is 36.4 Å². The number of aliphatic hydroxyl groups is 1. The fourth-order valence-corrected chi connectivity index (χ4v) is 4.03. The maximum atomic E-state index is 12.9. The maximum absolute atomic E-state index is 12.9. The van der Waals surface area contributed by atoms with E-state index in [9.17, 15) is 14.7 Å². The molecule has 3 amide bonds. The number of likely N-dealkylation sites (tertiary alicyclic amines) is 1. The van der Waals surface area contributed by atoms with Gasteiger partial charge in [-0.15, -0.1) is 0 Å². The molecule has 0 aliphatic carbocycles. The number of rotatable bonds is 6. The van der Waals surface area contributed by atoms with Crippen LogP contribution in [0.3, 0.4) is 0 Å². The SMILES string of the molecule is N#Cc1cccc(NC(=O)N2CCCC(O)C(NC(=O)c3ccc(OCc4ccccc4)cc3)C2)c1. The van der Waals surface area contributed by atoms with Crippen molar-refractivity contribution in [1.82, 2.24) is 10.2 Å². The smallest absolute Gasteiger partial charge is 0.321 e. The van der Waals surface area contributed by atoms with Gasteiger partial charge in [0, 0.05) is 24.3 Å². The van der Waals surface area contributed by atoms with Gasteiger partial charge in [0.05, 0.1) is 23.8 Å². The molecule has 3 N–H and O–H groups in total. The Bertz CT molecular complexity index is 1220. The highest BCUT2D eigenvalue weighted by Gasteiger charge is 2.29. The van der Waals surface area contributed by atoms with Gasteiger partial charge < -0.3 is 25.4 Å². The summed E-state index contributed by atoms with van der Waals surface area (Å²) in [6, 6.07) is 24.3. The van der Waals surface area contributed by atoms with Crippen molar-refractivity contribution in [2.24, 2.45) is 0 Å². The summed E-state index contributed by atoms with van der Waals surface area (Å²) in [5.41, 5.74) is 2.44. The first kappa shape index (κ1) is 24.8. The molecule has 36 heavy (non-hydrogen) atoms. The Balaban J connectivity index is 1.35. The lowest BCUT2D eigenvalue weighted by molar-refractivity contribution is 0.0811. The van der Waals surface area contributed by atoms with Crippen molar-refractivity contribution >= 4 is 17.6 Å². The van der Waals surface area contributed by atoms with Crippen molar-refractivity contribution in [2.45, 2.75) is 31.6 Å². The van der Waals surface area contributed by atoms with E-state index in [1.165, 1.54) is 0 Å². The van der Waals surface area contributed by atoms with Crippen molar-refractivity contribution in [1.29, 1.82) is 5.26 Å². The van der Waals surface area contributed by atoms with Crippen molar-refractivity contribution in [3.63, 3.8) is 0 Å². The molecule has 0 saturated carbocycles. The van der Waals surface area contributed by atoms with Gasteiger partial charge >= 0.3 is 6.03 Å². The molecule has 4 rings (SSSR count). The highest BCUT2D eigenvalue weighted by Crippen LogP contribution is 2.17. The normalized spacial score (nSPS) is 17.4. The first-order valence-corrected chi connectivity index (χ1v) is 11.8. The topological polar surface area (TPSA) is 115 Å². The Morgan fingerprint density at radius 2 is 1.83 bits per heavy atom. The minimum absolute atomic E-state index is 0.162. The molecule has 3 aromatic carbocycles. The zero-order valence-corrected chi connectivity index (χ0v) is 19.8. The fraction of sp³-hybridized carbons (Fsp3) is 0.250. The largest absolute Gasteiger partial charge is 0.489 e. The predicted molar refractivity (Wildman–Crippen MR) is 135 cm³/mol. The third kappa shape index (κ3) is 6.62. The van der Waals surface area contributed by atoms with E-state index in [1.807, 2.05) is 36.4 Å². The van der Waals surface area contributed by atoms with Crippen LogP contribution in [0.15, 0.2) is 78.9 Å². The van der Waals surface area contributed by atoms with Crippen LogP contribution in [-0.2, 0) is 6.61 Å². The third-order valence-electron chi connectivity index (χ3n) is 6.02. The lowest BCUT2D eigenvalue weighted by Gasteiger charge is -2.27. The van der Waals surface area contributed by atoms with E-state index >= 15 is 0 Å². The van der Waals surface area contributed by atoms with Crippen LogP contribution >= 0.6 is 0 Å². The van der Waals surface area contributed by atoms with Crippen LogP contribution in [0.5, 0.6) is 5.75 Å². The van der Waals surface area contributed by atoms with Crippen LogP contribution in [-0.4, -0.2) is 47.2 Å². The van der Waals surface area contributed by atoms with Gasteiger partial charge in [0.15, 0.2) is 0 Å². The third-order valence-corrected chi connectivity index (χ3v) is 6.02. The molecule has 8 nitrogen and oxygen atoms in total. The molecule has 1 saturated heterocycles. The molecule has 1 aliphatic heterocycles. The lowest BCUT2D eigenvalue weighted by atomic mass is 10.1. The average molecular weight is 485 g/mol. The Kier molecular flexibility index (Phi) is 8.16. The molecule has 2 atom stereocenters. The van der Waals surface area contributed by atoms with Crippen molar-refractivity contribution in [3.05, 3.63) is 95.6 Å². The Morgan fingerprint density at radius 1 is 1.06 bits per heavy atom. The van der Waals surface area contributed by atoms with Crippen LogP contribution < -0.4 is 15.4 Å². The fourth-order valence-electron chi connectivity index (χ4n) is 4.03. The van der Waals surface area contributed by atoms with E-state index < -0.39 is 12.1 Å². The summed E-state index contributed by atoms with van der Waals surface area (Å²) >= 11 is 0. The molecule has 1 fully saturated rings. The van der Waals surface area contributed by atoms with Crippen molar-refractivity contribution in [3.8, 4) is 11.8 Å². The van der Waals surface area contributed by atoms with Gasteiger partial charge in [-0.25, -0.2) is 4.79 Å². The lowest BCUT2D eigenvalue weighted by Crippen LogP contribution is -2.50. The van der Waals surface area contributed by atoms with Gasteiger partial charge in [0.1, 0.15) is 12.4 Å². The number of carbonyl (C=O) groups excluding carboxylic acids is 2. The molecular formula is C28H28N4O4. The first-order chi connectivity index (χ1) is 17.5. The quantitative estimate of drug-likeness (QED) is 0.491. The van der Waals surface area contributed by atoms with E-state index in [-0.39, 0.29) is 18.5 Å². The number of carbonyl (C=O) groups is 2. The minimum atomic E-state index is -0.776. The van der Waals surface area contributed by atoms with E-state index in [1.54, 1.807) is 53.4 Å². The van der Waals surface area contributed by atoms with E-state index in [2.05, 4.69) is 10.6 Å². The molecule has 0 bridgehead atoms. The number of ether oxygens (including phenoxy) is 1. The Hall–Kier alpha value is -4.35. The summed E-state index contributed by atoms with van der Waals surface area (Å²) in [4.78, 5) is 27.3. The Morgan fingerprint density at radius 3 is 2.58 bits per heavy atom. The number of anilines is 1. The second kappa shape index (κ2) is 11.9. The monoisotopic (exact) mass is 484 g/mol. The molecule has 1 heterocycles. The predicted octanol–water partition coefficient (Wildman–Crippen LogP) is 3.92. The number of aliphatic hydroxyl groups excluding tert-OH is 1. The number of nitriles is 1. The van der Waals surface area contributed by atoms with Gasteiger partial charge in [-0.05, 0) is 60.9 Å². The number of urea groups is 1. The number of amides is 3. The molecule has 184 valence electrons. The molecule has 0 spiro atoms. The van der Waals surface area contributed by atoms with Crippen LogP contribution in [0.2, 0.25) is 0 Å². The first-order valence-electron chi connectivity index (χ1n) is 11.8. The number of nitrogens with one attached hydrogen (secondary N) is 2. The number of hydrogen-bond donors (Lipinski definition) is 3. The van der Waals surface area contributed by atoms with Gasteiger partial charge in [-0.2, -0.15) is 5.26 Å². The van der Waals surface area contributed by atoms with Crippen molar-refractivity contribution in [2.75, 3.05) is 18.4 Å². The average Bonchev–Trinajstić information content (AvgIpc) is 3.09. The summed E-state index contributed by atoms with van der Waals surface area (Å²) in [6.45, 7) is 1.04. The number of hydrogen-bond acceptors (Lipinski definition) is 5. The van der Waals surface area contributed by atoms with Crippen LogP contribution in [0.1, 0.15) is 34.3 Å². The van der Waals surface area contributed by atoms with Crippen LogP contribution in [0.25, 0.3) is 0 Å². The second-order valence-corrected chi connectivity index (χ2v) is 8.66. The molecule has 8 heteroatoms. The highest BCUT2D eigenvalue weighted by molar-refractivity contribution is 5.94. The van der Waals surface area contributed by atoms with Gasteiger partial charge in [0.25, 0.3) is 5.91 Å². The van der Waals surface area contributed by atoms with Gasteiger partial charge in [0.2, 0.25) is 0 Å². The van der Waals surface area contributed by atoms with Crippen LogP contribution in [0.4, 0.5) is 10.5 Å². The number of benzene rings is 3. The van der Waals surface area contributed by atoms with Crippen LogP contribution in [0, 0.1) is 11.3 Å². The molecule has 1 aliphatic rings. The standard InChI is InChI=1S/C28H28N4O4/c29-17-21-8-4-9-23(16-21)30-28(35)32-15-5-10-26(33)25(18-32)31-27(34)22-11-13-24(14-12-22)36-19-20-6-2-1-3-7-20/h1-4,6-9,11-14,16,25-26,33H,5,10,15,18-19H2,(H,30,35)(H,31,34). The second-order valence-electron chi connectivity index (χ2n) is 8.66. The van der Waals surface area contributed by atoms with E-state index in [0.717, 1.165) is 5.56 Å². The molecule has 3 aromatic rings. The zero-order valence-electron chi connectivity index (χ0n) is 19.8. The van der Waals surface area contributed by atoms with E-state index in [0.29, 0.717) is 48.6 Å². The summed E-state index contributed by atoms with van der Waals surface area (Å²) in [5, 5.41) is 25.3. The summed E-state index contributed by atoms with van der Waals surface area (Å²) in [6.07, 6.45) is 0.291. The Labute approximate surface area is 210 Å². The van der Waals surface area contributed by atoms with Gasteiger partial charge in [-0.3, -0.25) is 4.79 Å².